The minimum Gasteiger partial charge on any atom is -0.500 e. The Balaban J connectivity index is 2.93. The Kier molecular flexibility index (Phi) is 4.87. The van der Waals surface area contributed by atoms with Crippen LogP contribution in [0.4, 0.5) is 0 Å². The van der Waals surface area contributed by atoms with Crippen LogP contribution in [0.15, 0.2) is 11.8 Å². The first-order chi connectivity index (χ1) is 3.77. The predicted octanol–water partition coefficient (Wildman–Crippen LogP) is 2.37. The van der Waals surface area contributed by atoms with E-state index in [2.05, 4.69) is 13.8 Å². The Morgan fingerprint density at radius 3 is 2.62 bits per heavy atom. The molecule has 0 saturated carbocycles. The summed E-state index contributed by atoms with van der Waals surface area (Å²) in [4.78, 5) is 0. The molecule has 0 aliphatic heterocycles. The zero-order chi connectivity index (χ0) is 6.41. The molecule has 8 heavy (non-hydrogen) atoms. The van der Waals surface area contributed by atoms with Gasteiger partial charge in [0.25, 0.3) is 0 Å². The van der Waals surface area contributed by atoms with Crippen molar-refractivity contribution < 1.29 is 4.74 Å². The molecule has 1 nitrogen and oxygen atoms in total. The molecule has 0 heterocycles. The Hall–Kier alpha value is -0.170. The number of hydrogen-bond acceptors (Lipinski definition) is 1. The average molecular weight is 135 g/mol. The summed E-state index contributed by atoms with van der Waals surface area (Å²) in [5.41, 5.74) is 1.36. The summed E-state index contributed by atoms with van der Waals surface area (Å²) in [7, 11) is 0. The molecule has 0 saturated heterocycles. The zero-order valence-corrected chi connectivity index (χ0v) is 5.98. The van der Waals surface area contributed by atoms with Crippen molar-refractivity contribution in [3.8, 4) is 0 Å². The topological polar surface area (TPSA) is 9.23 Å². The van der Waals surface area contributed by atoms with E-state index >= 15 is 0 Å². The van der Waals surface area contributed by atoms with Crippen molar-refractivity contribution in [2.24, 2.45) is 5.92 Å². The van der Waals surface area contributed by atoms with Gasteiger partial charge in [-0.15, -0.1) is 0 Å². The molecular formula is C6H11ClO. The first-order valence-electron chi connectivity index (χ1n) is 2.64. The molecular weight excluding hydrogens is 124 g/mol. The molecule has 0 spiro atoms. The van der Waals surface area contributed by atoms with E-state index in [0.29, 0.717) is 5.92 Å². The monoisotopic (exact) mass is 134 g/mol. The highest BCUT2D eigenvalue weighted by Crippen LogP contribution is 1.92. The molecule has 0 N–H and O–H groups in total. The average Bonchev–Trinajstić information content (AvgIpc) is 1.66. The molecule has 0 bridgehead atoms. The van der Waals surface area contributed by atoms with E-state index in [1.807, 2.05) is 0 Å². The molecule has 0 aromatic carbocycles. The van der Waals surface area contributed by atoms with Crippen LogP contribution >= 0.6 is 11.6 Å². The van der Waals surface area contributed by atoms with E-state index in [0.717, 1.165) is 6.61 Å². The summed E-state index contributed by atoms with van der Waals surface area (Å²) in [5, 5.41) is 0. The van der Waals surface area contributed by atoms with Gasteiger partial charge in [-0.3, -0.25) is 0 Å². The molecule has 48 valence electrons. The van der Waals surface area contributed by atoms with Crippen molar-refractivity contribution in [1.82, 2.24) is 0 Å². The third-order valence-corrected chi connectivity index (χ3v) is 0.680. The Bertz CT molecular complexity index is 68.9. The summed E-state index contributed by atoms with van der Waals surface area (Å²) in [6.07, 6.45) is 1.49. The predicted molar refractivity (Wildman–Crippen MR) is 35.8 cm³/mol. The second-order valence-corrected chi connectivity index (χ2v) is 2.24. The third kappa shape index (κ3) is 5.83. The molecule has 0 atom stereocenters. The highest BCUT2D eigenvalue weighted by atomic mass is 35.5. The number of ether oxygens (including phenoxy) is 1. The smallest absolute Gasteiger partial charge is 0.0942 e. The van der Waals surface area contributed by atoms with Crippen LogP contribution in [0.2, 0.25) is 0 Å². The van der Waals surface area contributed by atoms with Crippen molar-refractivity contribution in [3.63, 3.8) is 0 Å². The summed E-state index contributed by atoms with van der Waals surface area (Å²) in [6, 6.07) is 0. The van der Waals surface area contributed by atoms with Gasteiger partial charge >= 0.3 is 0 Å². The van der Waals surface area contributed by atoms with Crippen LogP contribution in [0.3, 0.4) is 0 Å². The van der Waals surface area contributed by atoms with Crippen LogP contribution in [0.1, 0.15) is 13.8 Å². The lowest BCUT2D eigenvalue weighted by Crippen LogP contribution is -1.95. The van der Waals surface area contributed by atoms with E-state index in [9.17, 15) is 0 Å². The fraction of sp³-hybridized carbons (Fsp3) is 0.667. The van der Waals surface area contributed by atoms with Gasteiger partial charge in [0.15, 0.2) is 0 Å². The van der Waals surface area contributed by atoms with Gasteiger partial charge in [0.1, 0.15) is 0 Å². The lowest BCUT2D eigenvalue weighted by molar-refractivity contribution is 0.212. The Morgan fingerprint density at radius 2 is 2.25 bits per heavy atom. The fourth-order valence-corrected chi connectivity index (χ4v) is 0.357. The van der Waals surface area contributed by atoms with Crippen LogP contribution in [-0.4, -0.2) is 6.61 Å². The highest BCUT2D eigenvalue weighted by Gasteiger charge is 1.87. The van der Waals surface area contributed by atoms with Gasteiger partial charge in [0.05, 0.1) is 12.9 Å². The maximum absolute atomic E-state index is 5.18. The van der Waals surface area contributed by atoms with Crippen molar-refractivity contribution in [3.05, 3.63) is 11.8 Å². The van der Waals surface area contributed by atoms with Crippen LogP contribution in [0.25, 0.3) is 0 Å². The van der Waals surface area contributed by atoms with Crippen LogP contribution in [0, 0.1) is 5.92 Å². The van der Waals surface area contributed by atoms with Crippen molar-refractivity contribution in [2.75, 3.05) is 6.61 Å². The summed E-state index contributed by atoms with van der Waals surface area (Å²) >= 11 is 5.18. The van der Waals surface area contributed by atoms with Gasteiger partial charge in [-0.05, 0) is 5.92 Å². The van der Waals surface area contributed by atoms with Gasteiger partial charge in [0, 0.05) is 5.54 Å². The van der Waals surface area contributed by atoms with Crippen molar-refractivity contribution >= 4 is 11.6 Å². The molecule has 0 unspecified atom stereocenters. The van der Waals surface area contributed by atoms with Crippen LogP contribution in [-0.2, 0) is 4.74 Å². The van der Waals surface area contributed by atoms with E-state index in [-0.39, 0.29) is 0 Å². The van der Waals surface area contributed by atoms with Crippen LogP contribution in [0.5, 0.6) is 0 Å². The molecule has 0 aliphatic rings. The molecule has 0 aromatic rings. The first kappa shape index (κ1) is 7.83. The number of hydrogen-bond donors (Lipinski definition) is 0. The van der Waals surface area contributed by atoms with Gasteiger partial charge < -0.3 is 4.74 Å². The van der Waals surface area contributed by atoms with Gasteiger partial charge in [0.2, 0.25) is 0 Å². The molecule has 0 aromatic heterocycles. The molecule has 0 amide bonds. The van der Waals surface area contributed by atoms with E-state index in [1.54, 1.807) is 0 Å². The maximum Gasteiger partial charge on any atom is 0.0942 e. The van der Waals surface area contributed by atoms with Gasteiger partial charge in [-0.1, -0.05) is 25.4 Å². The van der Waals surface area contributed by atoms with Gasteiger partial charge in [-0.25, -0.2) is 0 Å². The van der Waals surface area contributed by atoms with Gasteiger partial charge in [-0.2, -0.15) is 0 Å². The number of halogens is 1. The van der Waals surface area contributed by atoms with E-state index < -0.39 is 0 Å². The standard InChI is InChI=1S/C6H11ClO/c1-6(2)5-8-4-3-7/h3-4,6H,5H2,1-2H3. The lowest BCUT2D eigenvalue weighted by Gasteiger charge is -2.01. The zero-order valence-electron chi connectivity index (χ0n) is 5.23. The third-order valence-electron chi connectivity index (χ3n) is 0.577. The minimum absolute atomic E-state index is 0.572. The summed E-state index contributed by atoms with van der Waals surface area (Å²) in [5.74, 6) is 0.572. The quantitative estimate of drug-likeness (QED) is 0.539. The van der Waals surface area contributed by atoms with Crippen LogP contribution < -0.4 is 0 Å². The first-order valence-corrected chi connectivity index (χ1v) is 3.08. The second kappa shape index (κ2) is 4.98. The SMILES string of the molecule is CC(C)COC=CCl. The largest absolute Gasteiger partial charge is 0.500 e. The van der Waals surface area contributed by atoms with E-state index in [1.165, 1.54) is 11.8 Å². The second-order valence-electron chi connectivity index (χ2n) is 1.99. The minimum atomic E-state index is 0.572. The Labute approximate surface area is 55.3 Å². The molecule has 0 radical (unpaired) electrons. The molecule has 2 heteroatoms. The fourth-order valence-electron chi connectivity index (χ4n) is 0.284. The molecule has 0 rings (SSSR count). The van der Waals surface area contributed by atoms with Crippen molar-refractivity contribution in [1.29, 1.82) is 0 Å². The normalized spacial score (nSPS) is 11.0. The highest BCUT2D eigenvalue weighted by molar-refractivity contribution is 6.25. The van der Waals surface area contributed by atoms with E-state index in [4.69, 9.17) is 16.3 Å². The molecule has 0 aliphatic carbocycles. The summed E-state index contributed by atoms with van der Waals surface area (Å²) < 4.78 is 4.93. The maximum atomic E-state index is 5.18. The Morgan fingerprint density at radius 1 is 1.62 bits per heavy atom. The molecule has 0 fully saturated rings. The summed E-state index contributed by atoms with van der Waals surface area (Å²) in [6.45, 7) is 4.91. The lowest BCUT2D eigenvalue weighted by atomic mass is 10.2. The van der Waals surface area contributed by atoms with Crippen molar-refractivity contribution in [2.45, 2.75) is 13.8 Å². The number of rotatable bonds is 3.